The number of aryl methyl sites for hydroxylation is 1. The minimum atomic E-state index is -2.96. The molecule has 0 saturated heterocycles. The van der Waals surface area contributed by atoms with Crippen molar-refractivity contribution in [2.24, 2.45) is 0 Å². The van der Waals surface area contributed by atoms with Crippen LogP contribution in [0.15, 0.2) is 201 Å². The van der Waals surface area contributed by atoms with Gasteiger partial charge in [0, 0.05) is 17.0 Å². The molecule has 10 rings (SSSR count). The monoisotopic (exact) mass is 751 g/mol. The predicted molar refractivity (Wildman–Crippen MR) is 240 cm³/mol. The molecule has 0 atom stereocenters. The molecule has 0 spiro atoms. The van der Waals surface area contributed by atoms with Crippen LogP contribution in [0.4, 0.5) is 0 Å². The maximum atomic E-state index is 5.06. The molecule has 0 bridgehead atoms. The van der Waals surface area contributed by atoms with Crippen LogP contribution in [0.1, 0.15) is 25.5 Å². The fraction of sp³-hybridized carbons (Fsp3) is 0.0769. The molecule has 10 aromatic rings. The summed E-state index contributed by atoms with van der Waals surface area (Å²) in [6, 6.07) is 69.8. The molecule has 0 N–H and O–H groups in total. The van der Waals surface area contributed by atoms with E-state index in [2.05, 4.69) is 229 Å². The van der Waals surface area contributed by atoms with E-state index in [4.69, 9.17) is 4.98 Å². The minimum Gasteiger partial charge on any atom is -0.294 e. The molecular weight excluding hydrogens is 709 g/mol. The van der Waals surface area contributed by atoms with Crippen LogP contribution >= 0.6 is 0 Å². The number of fused-ring (bicyclic) bond motifs is 4. The zero-order valence-corrected chi connectivity index (χ0v) is 33.4. The maximum absolute atomic E-state index is 5.06. The van der Waals surface area contributed by atoms with E-state index in [0.29, 0.717) is 6.04 Å². The summed E-state index contributed by atoms with van der Waals surface area (Å²) in [4.78, 5) is 5.06. The summed E-state index contributed by atoms with van der Waals surface area (Å²) < 4.78 is 7.11. The molecule has 4 nitrogen and oxygen atoms in total. The third kappa shape index (κ3) is 5.65. The van der Waals surface area contributed by atoms with Gasteiger partial charge in [-0.25, -0.2) is 9.55 Å². The fourth-order valence-corrected chi connectivity index (χ4v) is 13.9. The normalized spacial score (nSPS) is 11.9. The van der Waals surface area contributed by atoms with Crippen LogP contribution in [0, 0.1) is 6.92 Å². The zero-order chi connectivity index (χ0) is 38.5. The molecule has 0 radical (unpaired) electrons. The van der Waals surface area contributed by atoms with Crippen molar-refractivity contribution in [1.82, 2.24) is 14.1 Å². The van der Waals surface area contributed by atoms with Crippen molar-refractivity contribution >= 4 is 61.7 Å². The third-order valence-corrected chi connectivity index (χ3v) is 16.5. The molecule has 0 aliphatic heterocycles. The smallest absolute Gasteiger partial charge is 0.250 e. The predicted octanol–water partition coefficient (Wildman–Crippen LogP) is 9.34. The number of hydrogen-bond donors (Lipinski definition) is 0. The summed E-state index contributed by atoms with van der Waals surface area (Å²) >= 11 is 0. The number of aromatic nitrogens is 4. The Morgan fingerprint density at radius 3 is 1.91 bits per heavy atom. The topological polar surface area (TPSA) is 26.6 Å². The Hall–Kier alpha value is -6.82. The van der Waals surface area contributed by atoms with Gasteiger partial charge in [-0.2, -0.15) is 4.57 Å². The lowest BCUT2D eigenvalue weighted by atomic mass is 10.0. The largest absolute Gasteiger partial charge is 0.294 e. The standard InChI is InChI=1S/C52H43N4Si/c1-37(2)54-36-55(50-28-15-14-27-49(50)54)40-18-16-23-43(34-40)57(41-19-6-4-7-20-41,42-21-8-5-9-22-42)44-29-30-47-46-25-12-13-26-48(46)56(51(47)35-44)52-33-39(31-32-53-52)45-24-11-10-17-38(45)3/h4-37H,1-3H3/q+1. The summed E-state index contributed by atoms with van der Waals surface area (Å²) in [7, 11) is -2.96. The van der Waals surface area contributed by atoms with Crippen molar-refractivity contribution < 1.29 is 4.57 Å². The van der Waals surface area contributed by atoms with Crippen molar-refractivity contribution in [3.8, 4) is 22.6 Å². The first-order valence-electron chi connectivity index (χ1n) is 19.8. The molecule has 3 aromatic heterocycles. The van der Waals surface area contributed by atoms with Gasteiger partial charge in [0.15, 0.2) is 19.1 Å². The number of pyridine rings is 1. The molecule has 0 unspecified atom stereocenters. The second-order valence-corrected chi connectivity index (χ2v) is 19.1. The highest BCUT2D eigenvalue weighted by molar-refractivity contribution is 7.20. The van der Waals surface area contributed by atoms with E-state index in [1.54, 1.807) is 0 Å². The van der Waals surface area contributed by atoms with Gasteiger partial charge in [-0.1, -0.05) is 140 Å². The number of benzene rings is 7. The van der Waals surface area contributed by atoms with Crippen LogP contribution in [0.25, 0.3) is 55.5 Å². The minimum absolute atomic E-state index is 0.326. The SMILES string of the molecule is Cc1ccccc1-c1ccnc(-n2c3ccccc3c3ccc([Si](c4ccccc4)(c4ccccc4)c4cccc(-n5c[n+](C(C)C)c6ccccc65)c4)cc32)c1. The van der Waals surface area contributed by atoms with Crippen LogP contribution in [-0.4, -0.2) is 22.2 Å². The van der Waals surface area contributed by atoms with Gasteiger partial charge in [0.1, 0.15) is 11.5 Å². The Morgan fingerprint density at radius 2 is 1.16 bits per heavy atom. The Bertz CT molecular complexity index is 3030. The van der Waals surface area contributed by atoms with E-state index in [1.165, 1.54) is 53.7 Å². The highest BCUT2D eigenvalue weighted by Crippen LogP contribution is 2.33. The summed E-state index contributed by atoms with van der Waals surface area (Å²) in [5, 5.41) is 7.75. The molecular formula is C52H43N4Si+. The summed E-state index contributed by atoms with van der Waals surface area (Å²) in [5.41, 5.74) is 9.49. The Balaban J connectivity index is 1.27. The van der Waals surface area contributed by atoms with Gasteiger partial charge in [-0.05, 0) is 107 Å². The molecule has 57 heavy (non-hydrogen) atoms. The van der Waals surface area contributed by atoms with Crippen LogP contribution in [0.3, 0.4) is 0 Å². The van der Waals surface area contributed by atoms with Crippen LogP contribution in [0.5, 0.6) is 0 Å². The molecule has 0 saturated carbocycles. The van der Waals surface area contributed by atoms with Crippen LogP contribution in [0.2, 0.25) is 0 Å². The lowest BCUT2D eigenvalue weighted by Crippen LogP contribution is -2.74. The highest BCUT2D eigenvalue weighted by atomic mass is 28.3. The zero-order valence-electron chi connectivity index (χ0n) is 32.4. The van der Waals surface area contributed by atoms with Crippen molar-refractivity contribution in [1.29, 1.82) is 0 Å². The van der Waals surface area contributed by atoms with Crippen molar-refractivity contribution in [2.75, 3.05) is 0 Å². The van der Waals surface area contributed by atoms with Gasteiger partial charge in [-0.15, -0.1) is 0 Å². The summed E-state index contributed by atoms with van der Waals surface area (Å²) in [5.74, 6) is 0.908. The average Bonchev–Trinajstić information content (AvgIpc) is 3.82. The number of hydrogen-bond acceptors (Lipinski definition) is 1. The molecule has 0 aliphatic rings. The quantitative estimate of drug-likeness (QED) is 0.0864. The average molecular weight is 752 g/mol. The van der Waals surface area contributed by atoms with E-state index in [0.717, 1.165) is 28.1 Å². The number of nitrogens with zero attached hydrogens (tertiary/aromatic N) is 4. The molecule has 0 fully saturated rings. The Morgan fingerprint density at radius 1 is 0.526 bits per heavy atom. The van der Waals surface area contributed by atoms with Gasteiger partial charge < -0.3 is 0 Å². The lowest BCUT2D eigenvalue weighted by molar-refractivity contribution is -0.691. The Kier molecular flexibility index (Phi) is 8.53. The summed E-state index contributed by atoms with van der Waals surface area (Å²) in [6.07, 6.45) is 4.22. The molecule has 0 amide bonds. The van der Waals surface area contributed by atoms with E-state index >= 15 is 0 Å². The number of para-hydroxylation sites is 3. The third-order valence-electron chi connectivity index (χ3n) is 11.7. The first kappa shape index (κ1) is 34.7. The van der Waals surface area contributed by atoms with Gasteiger partial charge in [0.2, 0.25) is 6.33 Å². The highest BCUT2D eigenvalue weighted by Gasteiger charge is 2.42. The first-order chi connectivity index (χ1) is 28.0. The van der Waals surface area contributed by atoms with E-state index in [1.807, 2.05) is 6.20 Å². The van der Waals surface area contributed by atoms with E-state index < -0.39 is 8.07 Å². The van der Waals surface area contributed by atoms with Crippen molar-refractivity contribution in [3.63, 3.8) is 0 Å². The molecule has 5 heteroatoms. The fourth-order valence-electron chi connectivity index (χ4n) is 9.07. The molecule has 0 aliphatic carbocycles. The van der Waals surface area contributed by atoms with Gasteiger partial charge >= 0.3 is 0 Å². The van der Waals surface area contributed by atoms with Crippen LogP contribution in [-0.2, 0) is 0 Å². The van der Waals surface area contributed by atoms with E-state index in [-0.39, 0.29) is 0 Å². The molecule has 274 valence electrons. The summed E-state index contributed by atoms with van der Waals surface area (Å²) in [6.45, 7) is 6.68. The maximum Gasteiger partial charge on any atom is 0.250 e. The van der Waals surface area contributed by atoms with Gasteiger partial charge in [0.25, 0.3) is 0 Å². The van der Waals surface area contributed by atoms with Gasteiger partial charge in [-0.3, -0.25) is 4.57 Å². The lowest BCUT2D eigenvalue weighted by Gasteiger charge is -2.34. The van der Waals surface area contributed by atoms with Gasteiger partial charge in [0.05, 0.1) is 17.1 Å². The van der Waals surface area contributed by atoms with Crippen molar-refractivity contribution in [3.05, 3.63) is 206 Å². The second kappa shape index (κ2) is 14.0. The van der Waals surface area contributed by atoms with Crippen molar-refractivity contribution in [2.45, 2.75) is 26.8 Å². The van der Waals surface area contributed by atoms with E-state index in [9.17, 15) is 0 Å². The Labute approximate surface area is 334 Å². The molecule has 7 aromatic carbocycles. The second-order valence-electron chi connectivity index (χ2n) is 15.3. The number of imidazole rings is 1. The van der Waals surface area contributed by atoms with Crippen LogP contribution < -0.4 is 25.3 Å². The molecule has 3 heterocycles. The number of rotatable bonds is 8. The first-order valence-corrected chi connectivity index (χ1v) is 21.8.